The number of carbonyl (C=O) groups excluding carboxylic acids is 1. The Morgan fingerprint density at radius 3 is 2.93 bits per heavy atom. The molecule has 1 aromatic rings. The van der Waals surface area contributed by atoms with Crippen LogP contribution in [0, 0.1) is 5.92 Å². The molecule has 1 fully saturated rings. The number of aromatic nitrogens is 4. The summed E-state index contributed by atoms with van der Waals surface area (Å²) in [4.78, 5) is 11.4. The number of hydrogen-bond donors (Lipinski definition) is 2. The number of nitrogens with zero attached hydrogens (tertiary/aromatic N) is 3. The average molecular weight is 195 g/mol. The molecule has 1 saturated carbocycles. The fourth-order valence-corrected chi connectivity index (χ4v) is 1.79. The fraction of sp³-hybridized carbons (Fsp3) is 0.750. The Balaban J connectivity index is 1.78. The van der Waals surface area contributed by atoms with Gasteiger partial charge in [0.2, 0.25) is 0 Å². The Hall–Kier alpha value is -1.46. The summed E-state index contributed by atoms with van der Waals surface area (Å²) in [7, 11) is 0. The van der Waals surface area contributed by atoms with Crippen molar-refractivity contribution in [2.45, 2.75) is 25.7 Å². The number of amides is 1. The fourth-order valence-electron chi connectivity index (χ4n) is 1.79. The molecule has 2 N–H and O–H groups in total. The van der Waals surface area contributed by atoms with Crippen LogP contribution in [0.5, 0.6) is 0 Å². The van der Waals surface area contributed by atoms with E-state index in [9.17, 15) is 4.79 Å². The molecule has 0 bridgehead atoms. The van der Waals surface area contributed by atoms with Crippen molar-refractivity contribution in [1.29, 1.82) is 0 Å². The van der Waals surface area contributed by atoms with Crippen LogP contribution in [0.2, 0.25) is 0 Å². The van der Waals surface area contributed by atoms with Crippen LogP contribution in [0.1, 0.15) is 36.3 Å². The van der Waals surface area contributed by atoms with Crippen LogP contribution in [0.15, 0.2) is 0 Å². The third-order valence-corrected chi connectivity index (χ3v) is 2.57. The van der Waals surface area contributed by atoms with Gasteiger partial charge in [-0.1, -0.05) is 12.8 Å². The lowest BCUT2D eigenvalue weighted by Gasteiger charge is -2.08. The number of carbonyl (C=O) groups is 1. The summed E-state index contributed by atoms with van der Waals surface area (Å²) >= 11 is 0. The highest BCUT2D eigenvalue weighted by Gasteiger charge is 2.17. The number of aromatic amines is 1. The smallest absolute Gasteiger partial charge is 0.292 e. The molecular formula is C8H13N5O. The average Bonchev–Trinajstić information content (AvgIpc) is 2.87. The summed E-state index contributed by atoms with van der Waals surface area (Å²) in [6.07, 6.45) is 4.99. The normalized spacial score (nSPS) is 17.1. The van der Waals surface area contributed by atoms with E-state index in [1.54, 1.807) is 0 Å². The van der Waals surface area contributed by atoms with Gasteiger partial charge in [-0.2, -0.15) is 5.21 Å². The molecule has 6 nitrogen and oxygen atoms in total. The third-order valence-electron chi connectivity index (χ3n) is 2.57. The lowest BCUT2D eigenvalue weighted by atomic mass is 10.1. The van der Waals surface area contributed by atoms with E-state index in [2.05, 4.69) is 25.9 Å². The van der Waals surface area contributed by atoms with Crippen molar-refractivity contribution in [3.8, 4) is 0 Å². The SMILES string of the molecule is O=C(NCC1CCCC1)c1nn[nH]n1. The number of rotatable bonds is 3. The first-order valence-corrected chi connectivity index (χ1v) is 4.88. The summed E-state index contributed by atoms with van der Waals surface area (Å²) in [5.41, 5.74) is 0. The Labute approximate surface area is 81.5 Å². The molecule has 1 aromatic heterocycles. The van der Waals surface area contributed by atoms with Gasteiger partial charge >= 0.3 is 0 Å². The first kappa shape index (κ1) is 9.11. The standard InChI is InChI=1S/C8H13N5O/c14-8(7-10-12-13-11-7)9-5-6-3-1-2-4-6/h6H,1-5H2,(H,9,14)(H,10,11,12,13). The predicted molar refractivity (Wildman–Crippen MR) is 48.5 cm³/mol. The second-order valence-electron chi connectivity index (χ2n) is 3.60. The van der Waals surface area contributed by atoms with Crippen LogP contribution < -0.4 is 5.32 Å². The maximum absolute atomic E-state index is 11.4. The molecule has 1 heterocycles. The Kier molecular flexibility index (Phi) is 2.71. The molecule has 0 unspecified atom stereocenters. The molecule has 0 saturated heterocycles. The summed E-state index contributed by atoms with van der Waals surface area (Å²) in [6.45, 7) is 0.730. The van der Waals surface area contributed by atoms with Crippen LogP contribution in [-0.2, 0) is 0 Å². The van der Waals surface area contributed by atoms with Gasteiger partial charge < -0.3 is 5.32 Å². The largest absolute Gasteiger partial charge is 0.349 e. The molecule has 0 aromatic carbocycles. The van der Waals surface area contributed by atoms with Crippen molar-refractivity contribution in [2.75, 3.05) is 6.54 Å². The number of H-pyrrole nitrogens is 1. The number of tetrazole rings is 1. The minimum Gasteiger partial charge on any atom is -0.349 e. The lowest BCUT2D eigenvalue weighted by molar-refractivity contribution is 0.0937. The summed E-state index contributed by atoms with van der Waals surface area (Å²) in [5, 5.41) is 15.6. The van der Waals surface area contributed by atoms with Crippen molar-refractivity contribution in [2.24, 2.45) is 5.92 Å². The predicted octanol–water partition coefficient (Wildman–Crippen LogP) is 0.120. The Morgan fingerprint density at radius 1 is 1.50 bits per heavy atom. The minimum atomic E-state index is -0.245. The molecule has 76 valence electrons. The molecule has 6 heteroatoms. The molecule has 0 atom stereocenters. The van der Waals surface area contributed by atoms with Gasteiger partial charge in [-0.25, -0.2) is 0 Å². The van der Waals surface area contributed by atoms with E-state index in [0.717, 1.165) is 6.54 Å². The van der Waals surface area contributed by atoms with Gasteiger partial charge in [0, 0.05) is 6.54 Å². The lowest BCUT2D eigenvalue weighted by Crippen LogP contribution is -2.29. The van der Waals surface area contributed by atoms with E-state index in [-0.39, 0.29) is 11.7 Å². The van der Waals surface area contributed by atoms with Crippen molar-refractivity contribution < 1.29 is 4.79 Å². The first-order chi connectivity index (χ1) is 6.86. The van der Waals surface area contributed by atoms with Gasteiger partial charge in [0.1, 0.15) is 0 Å². The van der Waals surface area contributed by atoms with Crippen molar-refractivity contribution in [1.82, 2.24) is 25.9 Å². The topological polar surface area (TPSA) is 83.6 Å². The summed E-state index contributed by atoms with van der Waals surface area (Å²) in [6, 6.07) is 0. The Morgan fingerprint density at radius 2 is 2.29 bits per heavy atom. The molecule has 1 aliphatic rings. The molecule has 0 spiro atoms. The first-order valence-electron chi connectivity index (χ1n) is 4.88. The molecule has 1 amide bonds. The molecule has 0 aliphatic heterocycles. The van der Waals surface area contributed by atoms with Crippen LogP contribution in [0.4, 0.5) is 0 Å². The summed E-state index contributed by atoms with van der Waals surface area (Å²) in [5.74, 6) is 0.500. The van der Waals surface area contributed by atoms with E-state index in [1.165, 1.54) is 25.7 Å². The minimum absolute atomic E-state index is 0.114. The highest BCUT2D eigenvalue weighted by molar-refractivity contribution is 5.89. The van der Waals surface area contributed by atoms with Gasteiger partial charge in [-0.3, -0.25) is 4.79 Å². The number of nitrogens with one attached hydrogen (secondary N) is 2. The molecule has 2 rings (SSSR count). The van der Waals surface area contributed by atoms with Crippen molar-refractivity contribution in [3.63, 3.8) is 0 Å². The maximum Gasteiger partial charge on any atom is 0.292 e. The van der Waals surface area contributed by atoms with E-state index in [1.807, 2.05) is 0 Å². The number of hydrogen-bond acceptors (Lipinski definition) is 4. The molecule has 14 heavy (non-hydrogen) atoms. The van der Waals surface area contributed by atoms with Gasteiger partial charge in [-0.15, -0.1) is 10.2 Å². The zero-order chi connectivity index (χ0) is 9.80. The monoisotopic (exact) mass is 195 g/mol. The Bertz CT molecular complexity index is 291. The van der Waals surface area contributed by atoms with E-state index < -0.39 is 0 Å². The van der Waals surface area contributed by atoms with Gasteiger partial charge in [0.25, 0.3) is 11.7 Å². The molecule has 0 radical (unpaired) electrons. The molecular weight excluding hydrogens is 182 g/mol. The van der Waals surface area contributed by atoms with Crippen LogP contribution in [0.25, 0.3) is 0 Å². The highest BCUT2D eigenvalue weighted by atomic mass is 16.2. The highest BCUT2D eigenvalue weighted by Crippen LogP contribution is 2.23. The summed E-state index contributed by atoms with van der Waals surface area (Å²) < 4.78 is 0. The van der Waals surface area contributed by atoms with Crippen molar-refractivity contribution >= 4 is 5.91 Å². The van der Waals surface area contributed by atoms with Crippen LogP contribution in [0.3, 0.4) is 0 Å². The van der Waals surface area contributed by atoms with Crippen molar-refractivity contribution in [3.05, 3.63) is 5.82 Å². The third kappa shape index (κ3) is 2.07. The van der Waals surface area contributed by atoms with E-state index >= 15 is 0 Å². The maximum atomic E-state index is 11.4. The second kappa shape index (κ2) is 4.17. The van der Waals surface area contributed by atoms with Gasteiger partial charge in [-0.05, 0) is 24.0 Å². The zero-order valence-electron chi connectivity index (χ0n) is 7.86. The van der Waals surface area contributed by atoms with Gasteiger partial charge in [0.05, 0.1) is 0 Å². The van der Waals surface area contributed by atoms with Crippen LogP contribution >= 0.6 is 0 Å². The van der Waals surface area contributed by atoms with Crippen LogP contribution in [-0.4, -0.2) is 33.1 Å². The van der Waals surface area contributed by atoms with Gasteiger partial charge in [0.15, 0.2) is 0 Å². The quantitative estimate of drug-likeness (QED) is 0.717. The van der Waals surface area contributed by atoms with E-state index in [0.29, 0.717) is 5.92 Å². The van der Waals surface area contributed by atoms with E-state index in [4.69, 9.17) is 0 Å². The second-order valence-corrected chi connectivity index (χ2v) is 3.60. The molecule has 1 aliphatic carbocycles. The zero-order valence-corrected chi connectivity index (χ0v) is 7.86.